The minimum Gasteiger partial charge on any atom is -0.467 e. The van der Waals surface area contributed by atoms with Crippen molar-refractivity contribution < 1.29 is 9.21 Å². The van der Waals surface area contributed by atoms with Crippen LogP contribution in [0.1, 0.15) is 60.0 Å². The van der Waals surface area contributed by atoms with Gasteiger partial charge in [-0.3, -0.25) is 9.36 Å². The Morgan fingerprint density at radius 1 is 1.28 bits per heavy atom. The second kappa shape index (κ2) is 8.45. The number of hydrogen-bond donors (Lipinski definition) is 1. The summed E-state index contributed by atoms with van der Waals surface area (Å²) in [6.07, 6.45) is 3.97. The Hall–Kier alpha value is -2.54. The minimum absolute atomic E-state index is 0.0127. The van der Waals surface area contributed by atoms with Crippen LogP contribution < -0.4 is 5.32 Å². The summed E-state index contributed by atoms with van der Waals surface area (Å²) in [6.45, 7) is 6.78. The monoisotopic (exact) mass is 410 g/mol. The summed E-state index contributed by atoms with van der Waals surface area (Å²) in [6, 6.07) is 10.1. The Morgan fingerprint density at radius 3 is 2.79 bits per heavy atom. The van der Waals surface area contributed by atoms with Gasteiger partial charge in [-0.2, -0.15) is 0 Å². The molecular weight excluding hydrogens is 384 g/mol. The molecule has 2 aromatic heterocycles. The third-order valence-corrected chi connectivity index (χ3v) is 6.29. The van der Waals surface area contributed by atoms with E-state index in [-0.39, 0.29) is 11.9 Å². The fourth-order valence-corrected chi connectivity index (χ4v) is 4.04. The van der Waals surface area contributed by atoms with Crippen LogP contribution in [0, 0.1) is 13.8 Å². The maximum absolute atomic E-state index is 12.5. The van der Waals surface area contributed by atoms with Gasteiger partial charge in [0.1, 0.15) is 11.6 Å². The number of carbonyl (C=O) groups excluding carboxylic acids is 1. The lowest BCUT2D eigenvalue weighted by Gasteiger charge is -2.15. The standard InChI is InChI=1S/C22H26N4O2S/c1-14-6-7-18(11-15(14)2)16(3)23-20(27)13-29-22-25-24-21(17-8-9-17)26(22)12-19-5-4-10-28-19/h4-7,10-11,16-17H,8-9,12-13H2,1-3H3,(H,23,27). The molecule has 3 aromatic rings. The van der Waals surface area contributed by atoms with E-state index >= 15 is 0 Å². The molecule has 1 N–H and O–H groups in total. The van der Waals surface area contributed by atoms with E-state index in [4.69, 9.17) is 4.42 Å². The number of nitrogens with zero attached hydrogens (tertiary/aromatic N) is 3. The van der Waals surface area contributed by atoms with Gasteiger partial charge in [0.05, 0.1) is 24.6 Å². The lowest BCUT2D eigenvalue weighted by molar-refractivity contribution is -0.119. The summed E-state index contributed by atoms with van der Waals surface area (Å²) >= 11 is 1.42. The van der Waals surface area contributed by atoms with Crippen LogP contribution in [0.3, 0.4) is 0 Å². The molecule has 0 bridgehead atoms. The molecule has 0 spiro atoms. The third-order valence-electron chi connectivity index (χ3n) is 5.32. The largest absolute Gasteiger partial charge is 0.467 e. The number of thioether (sulfide) groups is 1. The predicted octanol–water partition coefficient (Wildman–Crippen LogP) is 4.38. The number of furan rings is 1. The Balaban J connectivity index is 1.39. The van der Waals surface area contributed by atoms with Crippen molar-refractivity contribution in [2.24, 2.45) is 0 Å². The number of aromatic nitrogens is 3. The van der Waals surface area contributed by atoms with Gasteiger partial charge in [-0.05, 0) is 62.4 Å². The summed E-state index contributed by atoms with van der Waals surface area (Å²) in [5.74, 6) is 2.62. The highest BCUT2D eigenvalue weighted by molar-refractivity contribution is 7.99. The zero-order chi connectivity index (χ0) is 20.4. The smallest absolute Gasteiger partial charge is 0.230 e. The van der Waals surface area contributed by atoms with Crippen LogP contribution in [0.5, 0.6) is 0 Å². The van der Waals surface area contributed by atoms with E-state index < -0.39 is 0 Å². The van der Waals surface area contributed by atoms with E-state index in [0.29, 0.717) is 18.2 Å². The number of rotatable bonds is 8. The molecule has 1 amide bonds. The maximum Gasteiger partial charge on any atom is 0.230 e. The van der Waals surface area contributed by atoms with E-state index in [1.54, 1.807) is 6.26 Å². The van der Waals surface area contributed by atoms with Crippen molar-refractivity contribution in [2.75, 3.05) is 5.75 Å². The molecular formula is C22H26N4O2S. The molecule has 0 radical (unpaired) electrons. The molecule has 0 aliphatic heterocycles. The van der Waals surface area contributed by atoms with Crippen molar-refractivity contribution in [3.05, 3.63) is 64.9 Å². The van der Waals surface area contributed by atoms with Crippen molar-refractivity contribution >= 4 is 17.7 Å². The van der Waals surface area contributed by atoms with Gasteiger partial charge in [-0.1, -0.05) is 30.0 Å². The Kier molecular flexibility index (Phi) is 5.76. The predicted molar refractivity (Wildman–Crippen MR) is 113 cm³/mol. The minimum atomic E-state index is -0.0367. The molecule has 1 unspecified atom stereocenters. The second-order valence-corrected chi connectivity index (χ2v) is 8.64. The second-order valence-electron chi connectivity index (χ2n) is 7.70. The van der Waals surface area contributed by atoms with Gasteiger partial charge < -0.3 is 9.73 Å². The summed E-state index contributed by atoms with van der Waals surface area (Å²) in [4.78, 5) is 12.5. The summed E-state index contributed by atoms with van der Waals surface area (Å²) in [5.41, 5.74) is 3.60. The molecule has 1 fully saturated rings. The zero-order valence-corrected chi connectivity index (χ0v) is 17.8. The van der Waals surface area contributed by atoms with E-state index in [9.17, 15) is 4.79 Å². The number of aryl methyl sites for hydroxylation is 2. The van der Waals surface area contributed by atoms with Crippen LogP contribution in [-0.4, -0.2) is 26.4 Å². The number of nitrogens with one attached hydrogen (secondary N) is 1. The molecule has 1 aliphatic rings. The van der Waals surface area contributed by atoms with Gasteiger partial charge in [0, 0.05) is 5.92 Å². The van der Waals surface area contributed by atoms with Crippen molar-refractivity contribution in [3.63, 3.8) is 0 Å². The highest BCUT2D eigenvalue weighted by Gasteiger charge is 2.30. The molecule has 29 heavy (non-hydrogen) atoms. The average molecular weight is 411 g/mol. The van der Waals surface area contributed by atoms with Gasteiger partial charge in [-0.25, -0.2) is 0 Å². The van der Waals surface area contributed by atoms with Crippen LogP contribution >= 0.6 is 11.8 Å². The molecule has 1 aromatic carbocycles. The van der Waals surface area contributed by atoms with Crippen molar-refractivity contribution in [3.8, 4) is 0 Å². The number of amides is 1. The molecule has 6 nitrogen and oxygen atoms in total. The summed E-state index contributed by atoms with van der Waals surface area (Å²) in [7, 11) is 0. The van der Waals surface area contributed by atoms with E-state index in [1.807, 2.05) is 19.1 Å². The first-order valence-electron chi connectivity index (χ1n) is 9.96. The first kappa shape index (κ1) is 19.8. The summed E-state index contributed by atoms with van der Waals surface area (Å²) < 4.78 is 7.58. The topological polar surface area (TPSA) is 73.0 Å². The first-order valence-corrected chi connectivity index (χ1v) is 10.9. The van der Waals surface area contributed by atoms with Gasteiger partial charge in [0.15, 0.2) is 5.16 Å². The number of benzene rings is 1. The van der Waals surface area contributed by atoms with E-state index in [1.165, 1.54) is 22.9 Å². The van der Waals surface area contributed by atoms with Crippen molar-refractivity contribution in [1.29, 1.82) is 0 Å². The lowest BCUT2D eigenvalue weighted by atomic mass is 10.0. The number of hydrogen-bond acceptors (Lipinski definition) is 5. The van der Waals surface area contributed by atoms with Crippen molar-refractivity contribution in [1.82, 2.24) is 20.1 Å². The fraction of sp³-hybridized carbons (Fsp3) is 0.409. The van der Waals surface area contributed by atoms with Crippen LogP contribution in [0.4, 0.5) is 0 Å². The lowest BCUT2D eigenvalue weighted by Crippen LogP contribution is -2.28. The third kappa shape index (κ3) is 4.72. The zero-order valence-electron chi connectivity index (χ0n) is 17.0. The van der Waals surface area contributed by atoms with Gasteiger partial charge >= 0.3 is 0 Å². The average Bonchev–Trinajstić information content (AvgIpc) is 3.26. The van der Waals surface area contributed by atoms with Crippen LogP contribution in [-0.2, 0) is 11.3 Å². The Morgan fingerprint density at radius 2 is 2.10 bits per heavy atom. The molecule has 1 aliphatic carbocycles. The van der Waals surface area contributed by atoms with Gasteiger partial charge in [0.25, 0.3) is 0 Å². The number of carbonyl (C=O) groups is 1. The molecule has 2 heterocycles. The normalized spacial score (nSPS) is 14.7. The van der Waals surface area contributed by atoms with E-state index in [0.717, 1.165) is 35.1 Å². The molecule has 4 rings (SSSR count). The molecule has 7 heteroatoms. The van der Waals surface area contributed by atoms with Crippen molar-refractivity contribution in [2.45, 2.75) is 57.3 Å². The van der Waals surface area contributed by atoms with Gasteiger partial charge in [-0.15, -0.1) is 10.2 Å². The molecule has 0 saturated heterocycles. The highest BCUT2D eigenvalue weighted by Crippen LogP contribution is 2.40. The molecule has 1 atom stereocenters. The first-order chi connectivity index (χ1) is 14.0. The van der Waals surface area contributed by atoms with E-state index in [2.05, 4.69) is 52.1 Å². The fourth-order valence-electron chi connectivity index (χ4n) is 3.29. The van der Waals surface area contributed by atoms with Gasteiger partial charge in [0.2, 0.25) is 5.91 Å². The summed E-state index contributed by atoms with van der Waals surface area (Å²) in [5, 5.41) is 12.6. The Labute approximate surface area is 175 Å². The van der Waals surface area contributed by atoms with Crippen LogP contribution in [0.25, 0.3) is 0 Å². The maximum atomic E-state index is 12.5. The van der Waals surface area contributed by atoms with Crippen LogP contribution in [0.15, 0.2) is 46.2 Å². The quantitative estimate of drug-likeness (QED) is 0.558. The molecule has 152 valence electrons. The highest BCUT2D eigenvalue weighted by atomic mass is 32.2. The van der Waals surface area contributed by atoms with Crippen LogP contribution in [0.2, 0.25) is 0 Å². The SMILES string of the molecule is Cc1ccc(C(C)NC(=O)CSc2nnc(C3CC3)n2Cc2ccco2)cc1C. The Bertz CT molecular complexity index is 992. The molecule has 1 saturated carbocycles.